The van der Waals surface area contributed by atoms with Crippen LogP contribution in [-0.4, -0.2) is 22.8 Å². The van der Waals surface area contributed by atoms with Gasteiger partial charge in [-0.3, -0.25) is 0 Å². The first-order valence-corrected chi connectivity index (χ1v) is 8.56. The summed E-state index contributed by atoms with van der Waals surface area (Å²) < 4.78 is 13.5. The number of hydrogen-bond donors (Lipinski definition) is 0. The average molecular weight is 434 g/mol. The fourth-order valence-electron chi connectivity index (χ4n) is 1.10. The largest absolute Gasteiger partial charge is 0.394 e. The first-order chi connectivity index (χ1) is 6.53. The van der Waals surface area contributed by atoms with Crippen molar-refractivity contribution < 1.29 is 8.85 Å². The molecule has 78 valence electrons. The van der Waals surface area contributed by atoms with E-state index in [4.69, 9.17) is 8.85 Å². The average Bonchev–Trinajstić information content (AvgIpc) is 2.21. The van der Waals surface area contributed by atoms with Crippen LogP contribution in [0.15, 0.2) is 18.2 Å². The normalized spacial score (nSPS) is 11.8. The third-order valence-electron chi connectivity index (χ3n) is 2.22. The van der Waals surface area contributed by atoms with Crippen molar-refractivity contribution in [3.8, 4) is 0 Å². The van der Waals surface area contributed by atoms with E-state index in [0.717, 1.165) is 0 Å². The van der Waals surface area contributed by atoms with E-state index in [0.29, 0.717) is 0 Å². The molecule has 0 aliphatic rings. The molecule has 0 fully saturated rings. The third kappa shape index (κ3) is 2.69. The molecule has 0 aliphatic carbocycles. The highest BCUT2D eigenvalue weighted by Gasteiger charge is 2.31. The van der Waals surface area contributed by atoms with Gasteiger partial charge in [-0.2, -0.15) is 0 Å². The van der Waals surface area contributed by atoms with E-state index >= 15 is 0 Å². The Labute approximate surface area is 113 Å². The van der Waals surface area contributed by atoms with Crippen LogP contribution in [0.5, 0.6) is 0 Å². The van der Waals surface area contributed by atoms with Crippen molar-refractivity contribution >= 4 is 58.9 Å². The van der Waals surface area contributed by atoms with Crippen molar-refractivity contribution in [3.63, 3.8) is 0 Å². The van der Waals surface area contributed by atoms with E-state index in [1.165, 1.54) is 12.3 Å². The van der Waals surface area contributed by atoms with E-state index in [9.17, 15) is 0 Å². The maximum atomic E-state index is 5.48. The molecule has 0 spiro atoms. The molecular formula is C9H12I2O2Si. The van der Waals surface area contributed by atoms with Gasteiger partial charge in [-0.25, -0.2) is 0 Å². The highest BCUT2D eigenvalue weighted by atomic mass is 127. The molecule has 0 atom stereocenters. The summed E-state index contributed by atoms with van der Waals surface area (Å²) in [6, 6.07) is 6.33. The van der Waals surface area contributed by atoms with Crippen LogP contribution in [-0.2, 0) is 8.85 Å². The van der Waals surface area contributed by atoms with E-state index < -0.39 is 8.56 Å². The summed E-state index contributed by atoms with van der Waals surface area (Å²) in [5, 5.41) is 1.17. The van der Waals surface area contributed by atoms with Gasteiger partial charge in [-0.1, -0.05) is 6.07 Å². The lowest BCUT2D eigenvalue weighted by Crippen LogP contribution is -2.49. The summed E-state index contributed by atoms with van der Waals surface area (Å²) in [7, 11) is 1.28. The predicted molar refractivity (Wildman–Crippen MR) is 77.1 cm³/mol. The molecule has 0 N–H and O–H groups in total. The van der Waals surface area contributed by atoms with Crippen molar-refractivity contribution in [1.82, 2.24) is 0 Å². The maximum Gasteiger partial charge on any atom is 0.368 e. The van der Waals surface area contributed by atoms with Gasteiger partial charge >= 0.3 is 8.56 Å². The molecule has 5 heteroatoms. The van der Waals surface area contributed by atoms with Gasteiger partial charge in [-0.15, -0.1) is 0 Å². The van der Waals surface area contributed by atoms with Crippen LogP contribution in [0.2, 0.25) is 6.55 Å². The summed E-state index contributed by atoms with van der Waals surface area (Å²) in [5.41, 5.74) is 0. The molecule has 0 radical (unpaired) electrons. The SMILES string of the molecule is CO[Si](C)(OC)c1ccc(I)c(I)c1. The van der Waals surface area contributed by atoms with E-state index in [1.54, 1.807) is 14.2 Å². The minimum Gasteiger partial charge on any atom is -0.394 e. The number of halogens is 2. The van der Waals surface area contributed by atoms with Gasteiger partial charge in [0.05, 0.1) is 0 Å². The molecule has 0 amide bonds. The molecule has 0 aliphatic heterocycles. The molecule has 0 bridgehead atoms. The van der Waals surface area contributed by atoms with Crippen LogP contribution >= 0.6 is 45.2 Å². The van der Waals surface area contributed by atoms with Crippen LogP contribution in [0.3, 0.4) is 0 Å². The molecule has 0 unspecified atom stereocenters. The highest BCUT2D eigenvalue weighted by Crippen LogP contribution is 2.15. The smallest absolute Gasteiger partial charge is 0.368 e. The predicted octanol–water partition coefficient (Wildman–Crippen LogP) is 2.47. The van der Waals surface area contributed by atoms with Gasteiger partial charge in [0, 0.05) is 21.4 Å². The van der Waals surface area contributed by atoms with E-state index in [-0.39, 0.29) is 0 Å². The van der Waals surface area contributed by atoms with Crippen LogP contribution in [0, 0.1) is 7.14 Å². The maximum absolute atomic E-state index is 5.48. The fourth-order valence-corrected chi connectivity index (χ4v) is 3.67. The Hall–Kier alpha value is 0.817. The minimum absolute atomic E-state index is 1.17. The van der Waals surface area contributed by atoms with Crippen LogP contribution in [0.1, 0.15) is 0 Å². The minimum atomic E-state index is -2.14. The fraction of sp³-hybridized carbons (Fsp3) is 0.333. The van der Waals surface area contributed by atoms with E-state index in [2.05, 4.69) is 63.4 Å². The van der Waals surface area contributed by atoms with Crippen molar-refractivity contribution in [1.29, 1.82) is 0 Å². The molecule has 14 heavy (non-hydrogen) atoms. The molecule has 1 aromatic rings. The lowest BCUT2D eigenvalue weighted by atomic mass is 10.4. The molecular weight excluding hydrogens is 422 g/mol. The lowest BCUT2D eigenvalue weighted by molar-refractivity contribution is 0.265. The zero-order valence-corrected chi connectivity index (χ0v) is 13.6. The van der Waals surface area contributed by atoms with Gasteiger partial charge in [0.1, 0.15) is 0 Å². The van der Waals surface area contributed by atoms with Gasteiger partial charge in [0.2, 0.25) is 0 Å². The van der Waals surface area contributed by atoms with Crippen molar-refractivity contribution in [2.45, 2.75) is 6.55 Å². The summed E-state index contributed by atoms with van der Waals surface area (Å²) in [6.07, 6.45) is 0. The Morgan fingerprint density at radius 1 is 1.07 bits per heavy atom. The van der Waals surface area contributed by atoms with Crippen molar-refractivity contribution in [2.24, 2.45) is 0 Å². The number of hydrogen-bond acceptors (Lipinski definition) is 2. The van der Waals surface area contributed by atoms with Crippen LogP contribution in [0.25, 0.3) is 0 Å². The standard InChI is InChI=1S/C9H12I2O2Si/c1-12-14(3,13-2)7-4-5-8(10)9(11)6-7/h4-6H,1-3H3. The quantitative estimate of drug-likeness (QED) is 0.538. The molecule has 0 saturated heterocycles. The molecule has 0 saturated carbocycles. The summed E-state index contributed by atoms with van der Waals surface area (Å²) in [5.74, 6) is 0. The zero-order valence-electron chi connectivity index (χ0n) is 8.30. The van der Waals surface area contributed by atoms with Gasteiger partial charge in [0.15, 0.2) is 0 Å². The number of rotatable bonds is 3. The Bertz CT molecular complexity index is 327. The molecule has 1 aromatic carbocycles. The molecule has 0 heterocycles. The molecule has 2 nitrogen and oxygen atoms in total. The van der Waals surface area contributed by atoms with Crippen molar-refractivity contribution in [2.75, 3.05) is 14.2 Å². The third-order valence-corrected chi connectivity index (χ3v) is 8.01. The van der Waals surface area contributed by atoms with E-state index in [1.807, 2.05) is 6.55 Å². The van der Waals surface area contributed by atoms with Gasteiger partial charge < -0.3 is 8.85 Å². The van der Waals surface area contributed by atoms with Gasteiger partial charge in [0.25, 0.3) is 0 Å². The summed E-state index contributed by atoms with van der Waals surface area (Å²) in [6.45, 7) is 2.05. The lowest BCUT2D eigenvalue weighted by Gasteiger charge is -2.23. The summed E-state index contributed by atoms with van der Waals surface area (Å²) >= 11 is 4.65. The van der Waals surface area contributed by atoms with Crippen molar-refractivity contribution in [3.05, 3.63) is 25.3 Å². The number of benzene rings is 1. The zero-order chi connectivity index (χ0) is 10.8. The van der Waals surface area contributed by atoms with Gasteiger partial charge in [-0.05, 0) is 69.0 Å². The second kappa shape index (κ2) is 5.24. The summed E-state index contributed by atoms with van der Waals surface area (Å²) in [4.78, 5) is 0. The first-order valence-electron chi connectivity index (χ1n) is 4.09. The second-order valence-electron chi connectivity index (χ2n) is 2.98. The topological polar surface area (TPSA) is 18.5 Å². The Balaban J connectivity index is 3.12. The monoisotopic (exact) mass is 434 g/mol. The second-order valence-corrected chi connectivity index (χ2v) is 8.59. The van der Waals surface area contributed by atoms with Crippen LogP contribution in [0.4, 0.5) is 0 Å². The van der Waals surface area contributed by atoms with Crippen LogP contribution < -0.4 is 5.19 Å². The highest BCUT2D eigenvalue weighted by molar-refractivity contribution is 14.1. The Morgan fingerprint density at radius 3 is 2.07 bits per heavy atom. The molecule has 1 rings (SSSR count). The first kappa shape index (κ1) is 12.9. The molecule has 0 aromatic heterocycles. The Kier molecular flexibility index (Phi) is 4.82. The Morgan fingerprint density at radius 2 is 1.64 bits per heavy atom.